The van der Waals surface area contributed by atoms with Crippen LogP contribution in [0.3, 0.4) is 0 Å². The number of aryl methyl sites for hydroxylation is 1. The third-order valence-corrected chi connectivity index (χ3v) is 6.46. The minimum atomic E-state index is -0.484. The van der Waals surface area contributed by atoms with Gasteiger partial charge in [-0.1, -0.05) is 66.7 Å². The number of anilines is 1. The number of carbonyl (C=O) groups excluding carboxylic acids is 1. The molecule has 0 saturated carbocycles. The Hall–Kier alpha value is -4.45. The Morgan fingerprint density at radius 1 is 0.886 bits per heavy atom. The number of urea groups is 1. The summed E-state index contributed by atoms with van der Waals surface area (Å²) in [6.45, 7) is 3.84. The smallest absolute Gasteiger partial charge is 0.318 e. The molecule has 0 aliphatic rings. The molecule has 0 bridgehead atoms. The van der Waals surface area contributed by atoms with Gasteiger partial charge in [0.05, 0.1) is 28.3 Å². The molecule has 5 aromatic rings. The zero-order valence-corrected chi connectivity index (χ0v) is 19.9. The van der Waals surface area contributed by atoms with Crippen molar-refractivity contribution in [2.45, 2.75) is 19.9 Å². The lowest BCUT2D eigenvalue weighted by Crippen LogP contribution is -2.37. The van der Waals surface area contributed by atoms with Gasteiger partial charge in [-0.2, -0.15) is 0 Å². The van der Waals surface area contributed by atoms with Gasteiger partial charge in [0.2, 0.25) is 0 Å². The van der Waals surface area contributed by atoms with Crippen molar-refractivity contribution in [1.82, 2.24) is 14.5 Å². The Balaban J connectivity index is 1.57. The van der Waals surface area contributed by atoms with Crippen molar-refractivity contribution in [3.8, 4) is 5.69 Å². The number of fused-ring (bicyclic) bond motifs is 2. The molecule has 1 unspecified atom stereocenters. The third kappa shape index (κ3) is 4.04. The largest absolute Gasteiger partial charge is 0.322 e. The molecule has 0 radical (unpaired) electrons. The number of aromatic nitrogens is 2. The number of nitrogens with zero attached hydrogens (tertiary/aromatic N) is 3. The second kappa shape index (κ2) is 9.06. The standard InChI is InChI=1S/C29H26N4O2/c1-19-11-4-9-18-26(19)33-27(30-25-16-8-7-15-23(25)28(33)34)20(2)32(3)29(35)31-24-17-10-13-21-12-5-6-14-22(21)24/h4-18,20H,1-3H3,(H,31,35). The highest BCUT2D eigenvalue weighted by Gasteiger charge is 2.25. The van der Waals surface area contributed by atoms with Crippen molar-refractivity contribution in [2.24, 2.45) is 0 Å². The Morgan fingerprint density at radius 2 is 1.54 bits per heavy atom. The molecular weight excluding hydrogens is 436 g/mol. The van der Waals surface area contributed by atoms with Gasteiger partial charge < -0.3 is 10.2 Å². The van der Waals surface area contributed by atoms with Crippen LogP contribution < -0.4 is 10.9 Å². The molecule has 1 N–H and O–H groups in total. The van der Waals surface area contributed by atoms with E-state index < -0.39 is 6.04 Å². The van der Waals surface area contributed by atoms with Gasteiger partial charge in [-0.3, -0.25) is 9.36 Å². The summed E-state index contributed by atoms with van der Waals surface area (Å²) in [6, 6.07) is 28.0. The molecule has 0 spiro atoms. The van der Waals surface area contributed by atoms with Gasteiger partial charge in [-0.15, -0.1) is 0 Å². The number of nitrogens with one attached hydrogen (secondary N) is 1. The van der Waals surface area contributed by atoms with Crippen LogP contribution in [-0.4, -0.2) is 27.5 Å². The summed E-state index contributed by atoms with van der Waals surface area (Å²) in [5.74, 6) is 0.499. The summed E-state index contributed by atoms with van der Waals surface area (Å²) in [5, 5.41) is 5.58. The molecule has 4 aromatic carbocycles. The number of amides is 2. The highest BCUT2D eigenvalue weighted by atomic mass is 16.2. The number of hydrogen-bond acceptors (Lipinski definition) is 3. The minimum absolute atomic E-state index is 0.158. The maximum atomic E-state index is 13.6. The summed E-state index contributed by atoms with van der Waals surface area (Å²) < 4.78 is 1.63. The molecule has 0 fully saturated rings. The molecule has 0 saturated heterocycles. The van der Waals surface area contributed by atoms with Crippen molar-refractivity contribution in [1.29, 1.82) is 0 Å². The zero-order valence-electron chi connectivity index (χ0n) is 19.9. The molecule has 6 heteroatoms. The minimum Gasteiger partial charge on any atom is -0.318 e. The van der Waals surface area contributed by atoms with E-state index in [9.17, 15) is 9.59 Å². The van der Waals surface area contributed by atoms with Gasteiger partial charge in [0, 0.05) is 12.4 Å². The van der Waals surface area contributed by atoms with Crippen molar-refractivity contribution in [3.63, 3.8) is 0 Å². The summed E-state index contributed by atoms with van der Waals surface area (Å²) in [4.78, 5) is 33.4. The van der Waals surface area contributed by atoms with E-state index in [2.05, 4.69) is 5.32 Å². The fraction of sp³-hybridized carbons (Fsp3) is 0.138. The van der Waals surface area contributed by atoms with Crippen LogP contribution in [0.2, 0.25) is 0 Å². The molecule has 1 heterocycles. The molecule has 0 aliphatic heterocycles. The molecule has 174 valence electrons. The SMILES string of the molecule is Cc1ccccc1-n1c(C(C)N(C)C(=O)Nc2cccc3ccccc23)nc2ccccc2c1=O. The lowest BCUT2D eigenvalue weighted by atomic mass is 10.1. The average molecular weight is 463 g/mol. The van der Waals surface area contributed by atoms with Crippen molar-refractivity contribution in [3.05, 3.63) is 113 Å². The van der Waals surface area contributed by atoms with Gasteiger partial charge in [-0.25, -0.2) is 9.78 Å². The van der Waals surface area contributed by atoms with Crippen LogP contribution in [-0.2, 0) is 0 Å². The molecule has 2 amide bonds. The molecule has 5 rings (SSSR count). The topological polar surface area (TPSA) is 67.2 Å². The lowest BCUT2D eigenvalue weighted by Gasteiger charge is -2.27. The number of para-hydroxylation sites is 2. The molecule has 1 aromatic heterocycles. The van der Waals surface area contributed by atoms with Crippen molar-refractivity contribution >= 4 is 33.4 Å². The number of carbonyl (C=O) groups is 1. The van der Waals surface area contributed by atoms with Crippen LogP contribution in [0, 0.1) is 6.92 Å². The van der Waals surface area contributed by atoms with E-state index in [0.717, 1.165) is 27.7 Å². The van der Waals surface area contributed by atoms with Gasteiger partial charge >= 0.3 is 6.03 Å². The Morgan fingerprint density at radius 3 is 2.34 bits per heavy atom. The van der Waals surface area contributed by atoms with Gasteiger partial charge in [-0.05, 0) is 49.1 Å². The fourth-order valence-corrected chi connectivity index (χ4v) is 4.36. The van der Waals surface area contributed by atoms with Crippen molar-refractivity contribution in [2.75, 3.05) is 12.4 Å². The zero-order chi connectivity index (χ0) is 24.5. The maximum absolute atomic E-state index is 13.6. The van der Waals surface area contributed by atoms with Crippen LogP contribution in [0.5, 0.6) is 0 Å². The van der Waals surface area contributed by atoms with E-state index in [-0.39, 0.29) is 11.6 Å². The number of benzene rings is 4. The van der Waals surface area contributed by atoms with Crippen LogP contribution in [0.4, 0.5) is 10.5 Å². The summed E-state index contributed by atoms with van der Waals surface area (Å²) in [6.07, 6.45) is 0. The number of hydrogen-bond donors (Lipinski definition) is 1. The predicted octanol–water partition coefficient (Wildman–Crippen LogP) is 6.07. The van der Waals surface area contributed by atoms with Gasteiger partial charge in [0.15, 0.2) is 0 Å². The Bertz CT molecular complexity index is 1620. The van der Waals surface area contributed by atoms with Crippen molar-refractivity contribution < 1.29 is 4.79 Å². The second-order valence-electron chi connectivity index (χ2n) is 8.66. The Labute approximate surface area is 203 Å². The van der Waals surface area contributed by atoms with E-state index in [0.29, 0.717) is 16.7 Å². The predicted molar refractivity (Wildman–Crippen MR) is 141 cm³/mol. The molecule has 6 nitrogen and oxygen atoms in total. The van der Waals surface area contributed by atoms with Gasteiger partial charge in [0.1, 0.15) is 5.82 Å². The molecule has 0 aliphatic carbocycles. The average Bonchev–Trinajstić information content (AvgIpc) is 2.88. The van der Waals surface area contributed by atoms with E-state index in [1.54, 1.807) is 22.6 Å². The van der Waals surface area contributed by atoms with E-state index in [1.165, 1.54) is 0 Å². The lowest BCUT2D eigenvalue weighted by molar-refractivity contribution is 0.205. The van der Waals surface area contributed by atoms with E-state index >= 15 is 0 Å². The van der Waals surface area contributed by atoms with Crippen LogP contribution in [0.1, 0.15) is 24.4 Å². The number of rotatable bonds is 4. The third-order valence-electron chi connectivity index (χ3n) is 6.46. The quantitative estimate of drug-likeness (QED) is 0.352. The van der Waals surface area contributed by atoms with Crippen LogP contribution in [0.25, 0.3) is 27.4 Å². The first kappa shape index (κ1) is 22.3. The first-order valence-corrected chi connectivity index (χ1v) is 11.5. The monoisotopic (exact) mass is 462 g/mol. The summed E-state index contributed by atoms with van der Waals surface area (Å²) in [5.41, 5.74) is 2.88. The highest BCUT2D eigenvalue weighted by molar-refractivity contribution is 6.01. The van der Waals surface area contributed by atoms with E-state index in [4.69, 9.17) is 4.98 Å². The Kier molecular flexibility index (Phi) is 5.79. The van der Waals surface area contributed by atoms with Crippen LogP contribution in [0.15, 0.2) is 95.8 Å². The first-order chi connectivity index (χ1) is 17.0. The van der Waals surface area contributed by atoms with Crippen LogP contribution >= 0.6 is 0 Å². The second-order valence-corrected chi connectivity index (χ2v) is 8.66. The fourth-order valence-electron chi connectivity index (χ4n) is 4.36. The summed E-state index contributed by atoms with van der Waals surface area (Å²) in [7, 11) is 1.72. The normalized spacial score (nSPS) is 12.0. The first-order valence-electron chi connectivity index (χ1n) is 11.5. The molecular formula is C29H26N4O2. The molecule has 1 atom stereocenters. The highest BCUT2D eigenvalue weighted by Crippen LogP contribution is 2.26. The molecule has 35 heavy (non-hydrogen) atoms. The van der Waals surface area contributed by atoms with E-state index in [1.807, 2.05) is 98.8 Å². The maximum Gasteiger partial charge on any atom is 0.322 e. The summed E-state index contributed by atoms with van der Waals surface area (Å²) >= 11 is 0. The van der Waals surface area contributed by atoms with Gasteiger partial charge in [0.25, 0.3) is 5.56 Å².